The van der Waals surface area contributed by atoms with Crippen molar-refractivity contribution in [3.8, 4) is 0 Å². The second-order valence-corrected chi connectivity index (χ2v) is 3.60. The average molecular weight is 229 g/mol. The minimum absolute atomic E-state index is 0.0775. The Morgan fingerprint density at radius 1 is 1.50 bits per heavy atom. The van der Waals surface area contributed by atoms with Crippen LogP contribution in [-0.2, 0) is 0 Å². The number of halogens is 2. The molecular weight excluding hydrogens is 216 g/mol. The predicted octanol–water partition coefficient (Wildman–Crippen LogP) is 1.32. The molecule has 0 aliphatic carbocycles. The maximum atomic E-state index is 13.2. The molecule has 16 heavy (non-hydrogen) atoms. The van der Waals surface area contributed by atoms with Gasteiger partial charge in [0.1, 0.15) is 0 Å². The van der Waals surface area contributed by atoms with E-state index < -0.39 is 17.5 Å². The van der Waals surface area contributed by atoms with Crippen molar-refractivity contribution in [2.45, 2.75) is 6.92 Å². The second kappa shape index (κ2) is 5.55. The van der Waals surface area contributed by atoms with Gasteiger partial charge in [-0.3, -0.25) is 4.79 Å². The van der Waals surface area contributed by atoms with E-state index in [4.69, 9.17) is 5.11 Å². The Hall–Kier alpha value is -1.49. The van der Waals surface area contributed by atoms with Crippen molar-refractivity contribution in [2.24, 2.45) is 5.92 Å². The van der Waals surface area contributed by atoms with Gasteiger partial charge in [0.15, 0.2) is 11.6 Å². The summed E-state index contributed by atoms with van der Waals surface area (Å²) in [6, 6.07) is 3.42. The molecule has 0 saturated carbocycles. The molecule has 0 saturated heterocycles. The van der Waals surface area contributed by atoms with Crippen molar-refractivity contribution < 1.29 is 18.7 Å². The highest BCUT2D eigenvalue weighted by molar-refractivity contribution is 5.94. The summed E-state index contributed by atoms with van der Waals surface area (Å²) in [6.45, 7) is 1.86. The maximum Gasteiger partial charge on any atom is 0.254 e. The van der Waals surface area contributed by atoms with Crippen LogP contribution in [0.25, 0.3) is 0 Å². The summed E-state index contributed by atoms with van der Waals surface area (Å²) in [7, 11) is 0. The zero-order chi connectivity index (χ0) is 12.1. The molecule has 1 amide bonds. The third-order valence-corrected chi connectivity index (χ3v) is 2.12. The molecule has 0 aromatic heterocycles. The highest BCUT2D eigenvalue weighted by Crippen LogP contribution is 2.11. The molecule has 2 N–H and O–H groups in total. The third kappa shape index (κ3) is 3.00. The van der Waals surface area contributed by atoms with Gasteiger partial charge in [-0.2, -0.15) is 0 Å². The quantitative estimate of drug-likeness (QED) is 0.818. The first-order valence-electron chi connectivity index (χ1n) is 4.89. The molecule has 1 unspecified atom stereocenters. The fourth-order valence-electron chi connectivity index (χ4n) is 1.11. The Morgan fingerprint density at radius 3 is 2.81 bits per heavy atom. The lowest BCUT2D eigenvalue weighted by Crippen LogP contribution is -2.30. The predicted molar refractivity (Wildman–Crippen MR) is 54.9 cm³/mol. The molecule has 0 fully saturated rings. The fourth-order valence-corrected chi connectivity index (χ4v) is 1.11. The number of aliphatic hydroxyl groups excluding tert-OH is 1. The summed E-state index contributed by atoms with van der Waals surface area (Å²) >= 11 is 0. The van der Waals surface area contributed by atoms with Crippen molar-refractivity contribution in [3.05, 3.63) is 35.4 Å². The zero-order valence-electron chi connectivity index (χ0n) is 8.84. The van der Waals surface area contributed by atoms with E-state index in [0.717, 1.165) is 6.07 Å². The summed E-state index contributed by atoms with van der Waals surface area (Å²) in [5.41, 5.74) is -0.329. The summed E-state index contributed by atoms with van der Waals surface area (Å²) in [4.78, 5) is 11.4. The monoisotopic (exact) mass is 229 g/mol. The van der Waals surface area contributed by atoms with Crippen LogP contribution >= 0.6 is 0 Å². The topological polar surface area (TPSA) is 49.3 Å². The summed E-state index contributed by atoms with van der Waals surface area (Å²) in [5, 5.41) is 11.1. The molecule has 0 heterocycles. The number of hydrogen-bond donors (Lipinski definition) is 2. The van der Waals surface area contributed by atoms with Crippen LogP contribution in [0.1, 0.15) is 17.3 Å². The van der Waals surface area contributed by atoms with E-state index in [9.17, 15) is 13.6 Å². The summed E-state index contributed by atoms with van der Waals surface area (Å²) in [5.74, 6) is -3.02. The normalized spacial score (nSPS) is 12.2. The second-order valence-electron chi connectivity index (χ2n) is 3.60. The Bertz CT molecular complexity index is 382. The van der Waals surface area contributed by atoms with Gasteiger partial charge in [0.2, 0.25) is 0 Å². The van der Waals surface area contributed by atoms with E-state index >= 15 is 0 Å². The third-order valence-electron chi connectivity index (χ3n) is 2.12. The summed E-state index contributed by atoms with van der Waals surface area (Å²) in [6.07, 6.45) is 0. The van der Waals surface area contributed by atoms with Gasteiger partial charge in [0.25, 0.3) is 5.91 Å². The number of nitrogens with one attached hydrogen (secondary N) is 1. The van der Waals surface area contributed by atoms with Crippen LogP contribution in [0.5, 0.6) is 0 Å². The van der Waals surface area contributed by atoms with Gasteiger partial charge in [-0.05, 0) is 18.1 Å². The van der Waals surface area contributed by atoms with E-state index in [1.54, 1.807) is 6.92 Å². The number of hydrogen-bond acceptors (Lipinski definition) is 2. The molecule has 5 heteroatoms. The van der Waals surface area contributed by atoms with Crippen molar-refractivity contribution in [2.75, 3.05) is 13.2 Å². The smallest absolute Gasteiger partial charge is 0.254 e. The lowest BCUT2D eigenvalue weighted by atomic mass is 10.1. The molecule has 1 atom stereocenters. The molecule has 0 spiro atoms. The van der Waals surface area contributed by atoms with Crippen LogP contribution in [0.15, 0.2) is 18.2 Å². The van der Waals surface area contributed by atoms with E-state index in [2.05, 4.69) is 5.32 Å². The maximum absolute atomic E-state index is 13.2. The molecule has 0 bridgehead atoms. The fraction of sp³-hybridized carbons (Fsp3) is 0.364. The summed E-state index contributed by atoms with van der Waals surface area (Å²) < 4.78 is 26.0. The average Bonchev–Trinajstić information content (AvgIpc) is 2.29. The molecular formula is C11H13F2NO2. The largest absolute Gasteiger partial charge is 0.396 e. The minimum atomic E-state index is -1.16. The first-order valence-corrected chi connectivity index (χ1v) is 4.89. The van der Waals surface area contributed by atoms with Gasteiger partial charge in [0.05, 0.1) is 5.56 Å². The van der Waals surface area contributed by atoms with E-state index in [1.165, 1.54) is 12.1 Å². The number of carbonyl (C=O) groups is 1. The number of amides is 1. The highest BCUT2D eigenvalue weighted by atomic mass is 19.2. The molecule has 1 aromatic rings. The van der Waals surface area contributed by atoms with Crippen molar-refractivity contribution >= 4 is 5.91 Å². The number of aliphatic hydroxyl groups is 1. The first kappa shape index (κ1) is 12.6. The molecule has 88 valence electrons. The van der Waals surface area contributed by atoms with Gasteiger partial charge in [-0.15, -0.1) is 0 Å². The van der Waals surface area contributed by atoms with E-state index in [1.807, 2.05) is 0 Å². The van der Waals surface area contributed by atoms with Gasteiger partial charge >= 0.3 is 0 Å². The van der Waals surface area contributed by atoms with Crippen molar-refractivity contribution in [1.29, 1.82) is 0 Å². The van der Waals surface area contributed by atoms with Crippen LogP contribution in [-0.4, -0.2) is 24.2 Å². The van der Waals surface area contributed by atoms with Crippen LogP contribution in [0.3, 0.4) is 0 Å². The molecule has 1 rings (SSSR count). The van der Waals surface area contributed by atoms with E-state index in [-0.39, 0.29) is 24.6 Å². The number of benzene rings is 1. The van der Waals surface area contributed by atoms with E-state index in [0.29, 0.717) is 0 Å². The molecule has 0 radical (unpaired) electrons. The van der Waals surface area contributed by atoms with Crippen molar-refractivity contribution in [1.82, 2.24) is 5.32 Å². The van der Waals surface area contributed by atoms with Gasteiger partial charge in [0, 0.05) is 13.2 Å². The van der Waals surface area contributed by atoms with Gasteiger partial charge in [-0.1, -0.05) is 13.0 Å². The van der Waals surface area contributed by atoms with Gasteiger partial charge < -0.3 is 10.4 Å². The Balaban J connectivity index is 2.70. The molecule has 0 aliphatic heterocycles. The zero-order valence-corrected chi connectivity index (χ0v) is 8.84. The lowest BCUT2D eigenvalue weighted by molar-refractivity contribution is 0.0937. The lowest BCUT2D eigenvalue weighted by Gasteiger charge is -2.10. The Kier molecular flexibility index (Phi) is 4.37. The Morgan fingerprint density at radius 2 is 2.19 bits per heavy atom. The molecule has 3 nitrogen and oxygen atoms in total. The highest BCUT2D eigenvalue weighted by Gasteiger charge is 2.15. The van der Waals surface area contributed by atoms with Crippen LogP contribution in [0.4, 0.5) is 8.78 Å². The van der Waals surface area contributed by atoms with Crippen LogP contribution in [0, 0.1) is 17.6 Å². The van der Waals surface area contributed by atoms with Crippen LogP contribution < -0.4 is 5.32 Å². The SMILES string of the molecule is CC(CO)CNC(=O)c1cccc(F)c1F. The van der Waals surface area contributed by atoms with Crippen molar-refractivity contribution in [3.63, 3.8) is 0 Å². The Labute approximate surface area is 92.1 Å². The molecule has 0 aliphatic rings. The van der Waals surface area contributed by atoms with Crippen LogP contribution in [0.2, 0.25) is 0 Å². The number of rotatable bonds is 4. The number of carbonyl (C=O) groups excluding carboxylic acids is 1. The first-order chi connectivity index (χ1) is 7.56. The van der Waals surface area contributed by atoms with Gasteiger partial charge in [-0.25, -0.2) is 8.78 Å². The standard InChI is InChI=1S/C11H13F2NO2/c1-7(6-15)5-14-11(16)8-3-2-4-9(12)10(8)13/h2-4,7,15H,5-6H2,1H3,(H,14,16). The molecule has 1 aromatic carbocycles. The minimum Gasteiger partial charge on any atom is -0.396 e.